The second-order valence-corrected chi connectivity index (χ2v) is 4.29. The molecule has 2 atom stereocenters. The molecule has 0 aromatic rings. The Balaban J connectivity index is 1.97. The fourth-order valence-electron chi connectivity index (χ4n) is 2.13. The van der Waals surface area contributed by atoms with Crippen molar-refractivity contribution in [1.29, 1.82) is 0 Å². The third kappa shape index (κ3) is 2.37. The van der Waals surface area contributed by atoms with Gasteiger partial charge >= 0.3 is 0 Å². The maximum absolute atomic E-state index is 11.3. The van der Waals surface area contributed by atoms with Gasteiger partial charge in [0.25, 0.3) is 0 Å². The van der Waals surface area contributed by atoms with E-state index >= 15 is 0 Å². The van der Waals surface area contributed by atoms with E-state index in [0.717, 1.165) is 19.3 Å². The minimum Gasteiger partial charge on any atom is -0.351 e. The van der Waals surface area contributed by atoms with Crippen LogP contribution in [0.3, 0.4) is 0 Å². The van der Waals surface area contributed by atoms with Crippen LogP contribution in [0.5, 0.6) is 0 Å². The quantitative estimate of drug-likeness (QED) is 0.657. The summed E-state index contributed by atoms with van der Waals surface area (Å²) < 4.78 is 0. The largest absolute Gasteiger partial charge is 0.351 e. The average Bonchev–Trinajstić information content (AvgIpc) is 3.04. The molecule has 15 heavy (non-hydrogen) atoms. The fraction of sp³-hybridized carbons (Fsp3) is 0.636. The monoisotopic (exact) mass is 208 g/mol. The van der Waals surface area contributed by atoms with Gasteiger partial charge in [-0.1, -0.05) is 6.58 Å². The molecule has 1 aliphatic carbocycles. The van der Waals surface area contributed by atoms with Crippen molar-refractivity contribution in [3.63, 3.8) is 0 Å². The van der Waals surface area contributed by atoms with Gasteiger partial charge in [-0.15, -0.1) is 0 Å². The summed E-state index contributed by atoms with van der Waals surface area (Å²) in [5.41, 5.74) is 0. The van der Waals surface area contributed by atoms with Crippen LogP contribution in [-0.2, 0) is 9.59 Å². The Kier molecular flexibility index (Phi) is 2.75. The highest BCUT2D eigenvalue weighted by Gasteiger charge is 2.40. The Morgan fingerprint density at radius 2 is 2.20 bits per heavy atom. The molecule has 0 aromatic carbocycles. The van der Waals surface area contributed by atoms with E-state index in [0.29, 0.717) is 12.3 Å². The summed E-state index contributed by atoms with van der Waals surface area (Å²) in [4.78, 5) is 22.5. The summed E-state index contributed by atoms with van der Waals surface area (Å²) in [5.74, 6) is 0.516. The molecule has 2 rings (SSSR count). The number of rotatable bonds is 3. The van der Waals surface area contributed by atoms with Crippen molar-refractivity contribution < 1.29 is 9.59 Å². The Morgan fingerprint density at radius 1 is 1.47 bits per heavy atom. The van der Waals surface area contributed by atoms with Gasteiger partial charge < -0.3 is 10.6 Å². The smallest absolute Gasteiger partial charge is 0.243 e. The van der Waals surface area contributed by atoms with E-state index in [2.05, 4.69) is 17.2 Å². The predicted molar refractivity (Wildman–Crippen MR) is 56.0 cm³/mol. The summed E-state index contributed by atoms with van der Waals surface area (Å²) in [5, 5.41) is 5.86. The maximum Gasteiger partial charge on any atom is 0.243 e. The average molecular weight is 208 g/mol. The van der Waals surface area contributed by atoms with Crippen LogP contribution in [0.4, 0.5) is 0 Å². The number of carbonyl (C=O) groups is 2. The summed E-state index contributed by atoms with van der Waals surface area (Å²) in [7, 11) is 0. The zero-order chi connectivity index (χ0) is 10.8. The lowest BCUT2D eigenvalue weighted by Gasteiger charge is -2.32. The standard InChI is InChI=1S/C11H16N2O2/c1-2-9(14)12-8-5-6-10(15)13-11(8)7-3-4-7/h2,7-8,11H,1,3-6H2,(H,12,14)(H,13,15)/t8-,11+/m1/s1. The summed E-state index contributed by atoms with van der Waals surface area (Å²) in [6.45, 7) is 3.43. The Bertz CT molecular complexity index is 297. The molecule has 0 radical (unpaired) electrons. The SMILES string of the molecule is C=CC(=O)N[C@@H]1CCC(=O)N[C@H]1C1CC1. The number of piperidine rings is 1. The summed E-state index contributed by atoms with van der Waals surface area (Å²) in [6.07, 6.45) is 4.84. The van der Waals surface area contributed by atoms with Crippen LogP contribution in [-0.4, -0.2) is 23.9 Å². The van der Waals surface area contributed by atoms with E-state index < -0.39 is 0 Å². The van der Waals surface area contributed by atoms with Crippen molar-refractivity contribution in [2.75, 3.05) is 0 Å². The van der Waals surface area contributed by atoms with Crippen molar-refractivity contribution in [3.8, 4) is 0 Å². The second kappa shape index (κ2) is 4.04. The van der Waals surface area contributed by atoms with Crippen molar-refractivity contribution in [1.82, 2.24) is 10.6 Å². The lowest BCUT2D eigenvalue weighted by Crippen LogP contribution is -2.56. The van der Waals surface area contributed by atoms with Crippen LogP contribution < -0.4 is 10.6 Å². The molecule has 0 spiro atoms. The minimum atomic E-state index is -0.151. The molecule has 4 nitrogen and oxygen atoms in total. The first kappa shape index (κ1) is 10.2. The molecule has 2 N–H and O–H groups in total. The van der Waals surface area contributed by atoms with E-state index in [9.17, 15) is 9.59 Å². The summed E-state index contributed by atoms with van der Waals surface area (Å²) in [6, 6.07) is 0.218. The number of hydrogen-bond acceptors (Lipinski definition) is 2. The molecule has 0 unspecified atom stereocenters. The van der Waals surface area contributed by atoms with Crippen LogP contribution in [0, 0.1) is 5.92 Å². The van der Waals surface area contributed by atoms with Crippen LogP contribution in [0.25, 0.3) is 0 Å². The number of carbonyl (C=O) groups excluding carboxylic acids is 2. The molecule has 2 amide bonds. The van der Waals surface area contributed by atoms with E-state index in [1.54, 1.807) is 0 Å². The minimum absolute atomic E-state index is 0.0840. The highest BCUT2D eigenvalue weighted by Crippen LogP contribution is 2.36. The van der Waals surface area contributed by atoms with Crippen molar-refractivity contribution in [3.05, 3.63) is 12.7 Å². The van der Waals surface area contributed by atoms with E-state index in [1.807, 2.05) is 0 Å². The fourth-order valence-corrected chi connectivity index (χ4v) is 2.13. The van der Waals surface area contributed by atoms with Gasteiger partial charge in [0.2, 0.25) is 11.8 Å². The van der Waals surface area contributed by atoms with Gasteiger partial charge in [0.1, 0.15) is 0 Å². The zero-order valence-corrected chi connectivity index (χ0v) is 8.66. The van der Waals surface area contributed by atoms with Crippen molar-refractivity contribution in [2.45, 2.75) is 37.8 Å². The highest BCUT2D eigenvalue weighted by molar-refractivity contribution is 5.87. The normalized spacial score (nSPS) is 30.5. The molecular weight excluding hydrogens is 192 g/mol. The zero-order valence-electron chi connectivity index (χ0n) is 8.66. The third-order valence-electron chi connectivity index (χ3n) is 3.09. The Labute approximate surface area is 89.1 Å². The van der Waals surface area contributed by atoms with Crippen LogP contribution in [0.15, 0.2) is 12.7 Å². The lowest BCUT2D eigenvalue weighted by atomic mass is 9.94. The van der Waals surface area contributed by atoms with Gasteiger partial charge in [0.05, 0.1) is 12.1 Å². The third-order valence-corrected chi connectivity index (χ3v) is 3.09. The Morgan fingerprint density at radius 3 is 2.80 bits per heavy atom. The Hall–Kier alpha value is -1.32. The van der Waals surface area contributed by atoms with Gasteiger partial charge in [-0.3, -0.25) is 9.59 Å². The maximum atomic E-state index is 11.3. The molecule has 1 saturated carbocycles. The molecule has 2 fully saturated rings. The molecular formula is C11H16N2O2. The molecule has 1 heterocycles. The molecule has 1 saturated heterocycles. The van der Waals surface area contributed by atoms with Gasteiger partial charge in [-0.2, -0.15) is 0 Å². The molecule has 2 aliphatic rings. The second-order valence-electron chi connectivity index (χ2n) is 4.29. The highest BCUT2D eigenvalue weighted by atomic mass is 16.2. The van der Waals surface area contributed by atoms with Gasteiger partial charge in [0.15, 0.2) is 0 Å². The first-order valence-electron chi connectivity index (χ1n) is 5.43. The van der Waals surface area contributed by atoms with Crippen molar-refractivity contribution >= 4 is 11.8 Å². The molecule has 1 aliphatic heterocycles. The van der Waals surface area contributed by atoms with Gasteiger partial charge in [-0.05, 0) is 31.3 Å². The van der Waals surface area contributed by atoms with E-state index in [1.165, 1.54) is 6.08 Å². The molecule has 0 aromatic heterocycles. The lowest BCUT2D eigenvalue weighted by molar-refractivity contribution is -0.125. The van der Waals surface area contributed by atoms with Gasteiger partial charge in [0, 0.05) is 6.42 Å². The molecule has 82 valence electrons. The summed E-state index contributed by atoms with van der Waals surface area (Å²) >= 11 is 0. The molecule has 4 heteroatoms. The number of hydrogen-bond donors (Lipinski definition) is 2. The van der Waals surface area contributed by atoms with Gasteiger partial charge in [-0.25, -0.2) is 0 Å². The topological polar surface area (TPSA) is 58.2 Å². The predicted octanol–water partition coefficient (Wildman–Crippen LogP) is 0.346. The molecule has 0 bridgehead atoms. The number of amides is 2. The van der Waals surface area contributed by atoms with E-state index in [-0.39, 0.29) is 23.9 Å². The van der Waals surface area contributed by atoms with Crippen LogP contribution in [0.2, 0.25) is 0 Å². The van der Waals surface area contributed by atoms with E-state index in [4.69, 9.17) is 0 Å². The van der Waals surface area contributed by atoms with Crippen LogP contribution >= 0.6 is 0 Å². The first-order valence-corrected chi connectivity index (χ1v) is 5.43. The van der Waals surface area contributed by atoms with Crippen molar-refractivity contribution in [2.24, 2.45) is 5.92 Å². The number of nitrogens with one attached hydrogen (secondary N) is 2. The van der Waals surface area contributed by atoms with Crippen LogP contribution in [0.1, 0.15) is 25.7 Å². The first-order chi connectivity index (χ1) is 7.20.